The van der Waals surface area contributed by atoms with Crippen LogP contribution in [0.25, 0.3) is 11.0 Å². The standard InChI is InChI=1S/C17H12F3N5O5/c18-17(19,20)11-7-10(25(28)29)5-6-12(11)21-15(26)9-30-16(27)8-24-14-4-2-1-3-13(14)22-23-24/h1-7H,8-9H2,(H,21,26). The Hall–Kier alpha value is -4.03. The average Bonchev–Trinajstić information content (AvgIpc) is 3.08. The third-order valence-electron chi connectivity index (χ3n) is 3.86. The van der Waals surface area contributed by atoms with E-state index in [4.69, 9.17) is 4.74 Å². The number of carbonyl (C=O) groups excluding carboxylic acids is 2. The molecule has 0 saturated carbocycles. The van der Waals surface area contributed by atoms with E-state index >= 15 is 0 Å². The van der Waals surface area contributed by atoms with Crippen molar-refractivity contribution in [3.8, 4) is 0 Å². The van der Waals surface area contributed by atoms with Gasteiger partial charge in [-0.2, -0.15) is 13.2 Å². The number of nitro benzene ring substituents is 1. The van der Waals surface area contributed by atoms with Gasteiger partial charge in [-0.15, -0.1) is 5.10 Å². The number of aromatic nitrogens is 3. The van der Waals surface area contributed by atoms with Crippen LogP contribution in [-0.4, -0.2) is 38.4 Å². The molecule has 1 aromatic heterocycles. The first-order chi connectivity index (χ1) is 14.1. The topological polar surface area (TPSA) is 129 Å². The van der Waals surface area contributed by atoms with E-state index in [-0.39, 0.29) is 6.54 Å². The fraction of sp³-hybridized carbons (Fsp3) is 0.176. The highest BCUT2D eigenvalue weighted by molar-refractivity contribution is 5.93. The Labute approximate surface area is 165 Å². The molecule has 0 spiro atoms. The van der Waals surface area contributed by atoms with E-state index in [1.807, 2.05) is 5.32 Å². The van der Waals surface area contributed by atoms with Gasteiger partial charge in [0.15, 0.2) is 6.61 Å². The van der Waals surface area contributed by atoms with Gasteiger partial charge in [-0.25, -0.2) is 4.68 Å². The van der Waals surface area contributed by atoms with E-state index in [2.05, 4.69) is 10.3 Å². The number of rotatable bonds is 6. The number of alkyl halides is 3. The van der Waals surface area contributed by atoms with E-state index in [1.54, 1.807) is 24.3 Å². The van der Waals surface area contributed by atoms with Crippen molar-refractivity contribution in [2.45, 2.75) is 12.7 Å². The van der Waals surface area contributed by atoms with Crippen molar-refractivity contribution >= 4 is 34.3 Å². The smallest absolute Gasteiger partial charge is 0.418 e. The van der Waals surface area contributed by atoms with Crippen LogP contribution in [0, 0.1) is 10.1 Å². The first kappa shape index (κ1) is 20.7. The molecule has 0 unspecified atom stereocenters. The Morgan fingerprint density at radius 3 is 2.63 bits per heavy atom. The maximum atomic E-state index is 13.1. The van der Waals surface area contributed by atoms with Gasteiger partial charge < -0.3 is 10.1 Å². The summed E-state index contributed by atoms with van der Waals surface area (Å²) in [5.41, 5.74) is -1.78. The van der Waals surface area contributed by atoms with Crippen LogP contribution >= 0.6 is 0 Å². The maximum Gasteiger partial charge on any atom is 0.418 e. The molecule has 0 aliphatic carbocycles. The third-order valence-corrected chi connectivity index (χ3v) is 3.86. The number of hydrogen-bond acceptors (Lipinski definition) is 7. The summed E-state index contributed by atoms with van der Waals surface area (Å²) in [5, 5.41) is 20.2. The predicted octanol–water partition coefficient (Wildman–Crippen LogP) is 2.54. The highest BCUT2D eigenvalue weighted by Gasteiger charge is 2.35. The number of hydrogen-bond donors (Lipinski definition) is 1. The number of non-ortho nitro benzene ring substituents is 1. The Morgan fingerprint density at radius 1 is 1.20 bits per heavy atom. The molecule has 0 bridgehead atoms. The number of anilines is 1. The largest absolute Gasteiger partial charge is 0.454 e. The van der Waals surface area contributed by atoms with E-state index in [0.717, 1.165) is 12.1 Å². The third kappa shape index (κ3) is 4.68. The van der Waals surface area contributed by atoms with Gasteiger partial charge >= 0.3 is 12.1 Å². The number of nitrogens with zero attached hydrogens (tertiary/aromatic N) is 4. The second-order valence-electron chi connectivity index (χ2n) is 5.93. The monoisotopic (exact) mass is 423 g/mol. The molecule has 0 radical (unpaired) electrons. The Morgan fingerprint density at radius 2 is 1.93 bits per heavy atom. The molecule has 1 amide bonds. The fourth-order valence-electron chi connectivity index (χ4n) is 2.52. The van der Waals surface area contributed by atoms with Crippen LogP contribution in [0.3, 0.4) is 0 Å². The Bertz CT molecular complexity index is 1130. The van der Waals surface area contributed by atoms with Crippen molar-refractivity contribution in [3.63, 3.8) is 0 Å². The van der Waals surface area contributed by atoms with Crippen molar-refractivity contribution in [1.29, 1.82) is 0 Å². The second-order valence-corrected chi connectivity index (χ2v) is 5.93. The van der Waals surface area contributed by atoms with Crippen LogP contribution in [-0.2, 0) is 27.0 Å². The molecule has 2 aromatic carbocycles. The SMILES string of the molecule is O=C(COC(=O)Cn1nnc2ccccc21)Nc1ccc([N+](=O)[O-])cc1C(F)(F)F. The predicted molar refractivity (Wildman–Crippen MR) is 95.2 cm³/mol. The van der Waals surface area contributed by atoms with E-state index in [1.165, 1.54) is 4.68 Å². The molecule has 0 fully saturated rings. The van der Waals surface area contributed by atoms with Gasteiger partial charge in [0.1, 0.15) is 12.1 Å². The lowest BCUT2D eigenvalue weighted by atomic mass is 10.1. The molecule has 10 nitrogen and oxygen atoms in total. The number of ether oxygens (including phenoxy) is 1. The molecule has 0 aliphatic rings. The summed E-state index contributed by atoms with van der Waals surface area (Å²) in [6, 6.07) is 8.66. The van der Waals surface area contributed by atoms with Gasteiger partial charge in [0.25, 0.3) is 11.6 Å². The van der Waals surface area contributed by atoms with Crippen molar-refractivity contribution in [3.05, 3.63) is 58.1 Å². The molecule has 0 saturated heterocycles. The molecule has 0 atom stereocenters. The zero-order valence-electron chi connectivity index (χ0n) is 14.9. The number of halogens is 3. The summed E-state index contributed by atoms with van der Waals surface area (Å²) in [6.07, 6.45) is -4.94. The second kappa shape index (κ2) is 8.14. The molecule has 3 rings (SSSR count). The number of nitrogens with one attached hydrogen (secondary N) is 1. The van der Waals surface area contributed by atoms with Crippen molar-refractivity contribution in [2.75, 3.05) is 11.9 Å². The molecule has 1 N–H and O–H groups in total. The van der Waals surface area contributed by atoms with Crippen LogP contribution < -0.4 is 5.32 Å². The first-order valence-electron chi connectivity index (χ1n) is 8.24. The highest BCUT2D eigenvalue weighted by Crippen LogP contribution is 2.37. The number of amides is 1. The molecule has 13 heteroatoms. The van der Waals surface area contributed by atoms with Crippen LogP contribution in [0.5, 0.6) is 0 Å². The number of para-hydroxylation sites is 1. The summed E-state index contributed by atoms with van der Waals surface area (Å²) in [4.78, 5) is 33.5. The number of esters is 1. The molecule has 156 valence electrons. The minimum atomic E-state index is -4.94. The molecular formula is C17H12F3N5O5. The van der Waals surface area contributed by atoms with E-state index in [0.29, 0.717) is 17.1 Å². The van der Waals surface area contributed by atoms with E-state index in [9.17, 15) is 32.9 Å². The average molecular weight is 423 g/mol. The van der Waals surface area contributed by atoms with Gasteiger partial charge in [-0.3, -0.25) is 19.7 Å². The molecule has 3 aromatic rings. The summed E-state index contributed by atoms with van der Waals surface area (Å²) in [5.74, 6) is -1.91. The van der Waals surface area contributed by atoms with Crippen molar-refractivity contribution in [1.82, 2.24) is 15.0 Å². The van der Waals surface area contributed by atoms with Crippen LogP contribution in [0.2, 0.25) is 0 Å². The summed E-state index contributed by atoms with van der Waals surface area (Å²) >= 11 is 0. The quantitative estimate of drug-likeness (QED) is 0.366. The molecular weight excluding hydrogens is 411 g/mol. The highest BCUT2D eigenvalue weighted by atomic mass is 19.4. The van der Waals surface area contributed by atoms with E-state index < -0.39 is 46.5 Å². The first-order valence-corrected chi connectivity index (χ1v) is 8.24. The van der Waals surface area contributed by atoms with Gasteiger partial charge in [-0.05, 0) is 18.2 Å². The molecule has 1 heterocycles. The minimum absolute atomic E-state index is 0.303. The van der Waals surface area contributed by atoms with Crippen molar-refractivity contribution < 1.29 is 32.4 Å². The molecule has 0 aliphatic heterocycles. The van der Waals surface area contributed by atoms with Gasteiger partial charge in [0, 0.05) is 12.1 Å². The zero-order valence-corrected chi connectivity index (χ0v) is 14.9. The number of fused-ring (bicyclic) bond motifs is 1. The number of benzene rings is 2. The lowest BCUT2D eigenvalue weighted by Gasteiger charge is -2.13. The Kier molecular flexibility index (Phi) is 5.62. The lowest BCUT2D eigenvalue weighted by Crippen LogP contribution is -2.24. The number of carbonyl (C=O) groups is 2. The van der Waals surface area contributed by atoms with Gasteiger partial charge in [0.2, 0.25) is 0 Å². The van der Waals surface area contributed by atoms with Crippen LogP contribution in [0.4, 0.5) is 24.5 Å². The van der Waals surface area contributed by atoms with Crippen LogP contribution in [0.1, 0.15) is 5.56 Å². The summed E-state index contributed by atoms with van der Waals surface area (Å²) < 4.78 is 45.4. The van der Waals surface area contributed by atoms with Gasteiger partial charge in [-0.1, -0.05) is 17.3 Å². The van der Waals surface area contributed by atoms with Crippen molar-refractivity contribution in [2.24, 2.45) is 0 Å². The lowest BCUT2D eigenvalue weighted by molar-refractivity contribution is -0.385. The fourth-order valence-corrected chi connectivity index (χ4v) is 2.52. The minimum Gasteiger partial charge on any atom is -0.454 e. The molecule has 30 heavy (non-hydrogen) atoms. The Balaban J connectivity index is 1.63. The summed E-state index contributed by atoms with van der Waals surface area (Å²) in [6.45, 7) is -1.22. The number of nitro groups is 1. The normalized spacial score (nSPS) is 11.3. The van der Waals surface area contributed by atoms with Crippen LogP contribution in [0.15, 0.2) is 42.5 Å². The maximum absolute atomic E-state index is 13.1. The zero-order chi connectivity index (χ0) is 21.9. The summed E-state index contributed by atoms with van der Waals surface area (Å²) in [7, 11) is 0. The van der Waals surface area contributed by atoms with Gasteiger partial charge in [0.05, 0.1) is 21.7 Å².